The van der Waals surface area contributed by atoms with Gasteiger partial charge in [0.15, 0.2) is 0 Å². The highest BCUT2D eigenvalue weighted by atomic mass is 127. The Morgan fingerprint density at radius 3 is 2.70 bits per heavy atom. The minimum absolute atomic E-state index is 0.797. The molecule has 0 aromatic carbocycles. The van der Waals surface area contributed by atoms with Gasteiger partial charge in [0.1, 0.15) is 0 Å². The molecule has 2 unspecified atom stereocenters. The van der Waals surface area contributed by atoms with Crippen LogP contribution in [0.2, 0.25) is 0 Å². The van der Waals surface area contributed by atoms with Crippen molar-refractivity contribution in [2.45, 2.75) is 45.1 Å². The van der Waals surface area contributed by atoms with E-state index >= 15 is 0 Å². The molecule has 60 valence electrons. The van der Waals surface area contributed by atoms with Crippen molar-refractivity contribution in [2.75, 3.05) is 0 Å². The first kappa shape index (κ1) is 8.78. The van der Waals surface area contributed by atoms with Crippen molar-refractivity contribution >= 4 is 22.9 Å². The highest BCUT2D eigenvalue weighted by Crippen LogP contribution is 2.22. The van der Waals surface area contributed by atoms with E-state index in [1.807, 2.05) is 0 Å². The molecule has 0 amide bonds. The lowest BCUT2D eigenvalue weighted by molar-refractivity contribution is 0.496. The number of hydrogen-bond donors (Lipinski definition) is 1. The van der Waals surface area contributed by atoms with Crippen molar-refractivity contribution in [1.29, 1.82) is 0 Å². The SMILES string of the molecule is CC1CCCC(NI)CC1. The van der Waals surface area contributed by atoms with Gasteiger partial charge < -0.3 is 0 Å². The zero-order valence-electron chi connectivity index (χ0n) is 6.57. The van der Waals surface area contributed by atoms with Crippen molar-refractivity contribution in [2.24, 2.45) is 5.92 Å². The summed E-state index contributed by atoms with van der Waals surface area (Å²) in [6.45, 7) is 2.37. The monoisotopic (exact) mass is 253 g/mol. The molecule has 0 spiro atoms. The van der Waals surface area contributed by atoms with Crippen LogP contribution in [0.25, 0.3) is 0 Å². The Hall–Kier alpha value is 0.690. The van der Waals surface area contributed by atoms with E-state index in [-0.39, 0.29) is 0 Å². The Balaban J connectivity index is 2.26. The first-order valence-electron chi connectivity index (χ1n) is 4.19. The first-order chi connectivity index (χ1) is 4.83. The highest BCUT2D eigenvalue weighted by molar-refractivity contribution is 14.1. The predicted molar refractivity (Wildman–Crippen MR) is 53.2 cm³/mol. The average molecular weight is 253 g/mol. The summed E-state index contributed by atoms with van der Waals surface area (Å²) in [5.41, 5.74) is 0. The maximum Gasteiger partial charge on any atom is 0.0172 e. The zero-order valence-corrected chi connectivity index (χ0v) is 8.73. The van der Waals surface area contributed by atoms with Gasteiger partial charge in [0.2, 0.25) is 0 Å². The van der Waals surface area contributed by atoms with Crippen molar-refractivity contribution in [1.82, 2.24) is 3.53 Å². The third kappa shape index (κ3) is 2.74. The van der Waals surface area contributed by atoms with Crippen LogP contribution >= 0.6 is 22.9 Å². The molecule has 1 aliphatic carbocycles. The number of rotatable bonds is 1. The molecule has 0 heterocycles. The largest absolute Gasteiger partial charge is 0.258 e. The van der Waals surface area contributed by atoms with Crippen molar-refractivity contribution < 1.29 is 0 Å². The summed E-state index contributed by atoms with van der Waals surface area (Å²) in [6.07, 6.45) is 7.04. The summed E-state index contributed by atoms with van der Waals surface area (Å²) in [6, 6.07) is 0.797. The number of hydrogen-bond acceptors (Lipinski definition) is 1. The van der Waals surface area contributed by atoms with Gasteiger partial charge in [-0.15, -0.1) is 0 Å². The second-order valence-electron chi connectivity index (χ2n) is 3.42. The molecular formula is C8H16IN. The summed E-state index contributed by atoms with van der Waals surface area (Å²) >= 11 is 2.28. The molecule has 1 fully saturated rings. The summed E-state index contributed by atoms with van der Waals surface area (Å²) in [5.74, 6) is 0.967. The third-order valence-electron chi connectivity index (χ3n) is 2.41. The summed E-state index contributed by atoms with van der Waals surface area (Å²) in [7, 11) is 0. The molecular weight excluding hydrogens is 237 g/mol. The van der Waals surface area contributed by atoms with Crippen LogP contribution in [0.15, 0.2) is 0 Å². The van der Waals surface area contributed by atoms with Crippen LogP contribution in [0.3, 0.4) is 0 Å². The van der Waals surface area contributed by atoms with E-state index in [9.17, 15) is 0 Å². The third-order valence-corrected chi connectivity index (χ3v) is 3.29. The minimum atomic E-state index is 0.797. The normalized spacial score (nSPS) is 35.4. The second kappa shape index (κ2) is 4.54. The lowest BCUT2D eigenvalue weighted by Crippen LogP contribution is -2.18. The molecule has 0 saturated heterocycles. The van der Waals surface area contributed by atoms with Crippen LogP contribution in [-0.4, -0.2) is 6.04 Å². The standard InChI is InChI=1S/C8H16IN/c1-7-3-2-4-8(10-9)6-5-7/h7-8,10H,2-6H2,1H3. The van der Waals surface area contributed by atoms with Crippen LogP contribution in [0, 0.1) is 5.92 Å². The van der Waals surface area contributed by atoms with Crippen LogP contribution in [0.4, 0.5) is 0 Å². The molecule has 0 aromatic heterocycles. The molecule has 1 aliphatic rings. The van der Waals surface area contributed by atoms with Gasteiger partial charge in [-0.2, -0.15) is 0 Å². The fourth-order valence-electron chi connectivity index (χ4n) is 1.60. The van der Waals surface area contributed by atoms with E-state index in [1.54, 1.807) is 0 Å². The average Bonchev–Trinajstić information content (AvgIpc) is 2.14. The summed E-state index contributed by atoms with van der Waals surface area (Å²) in [5, 5.41) is 0. The molecule has 10 heavy (non-hydrogen) atoms. The van der Waals surface area contributed by atoms with E-state index in [1.165, 1.54) is 32.1 Å². The maximum atomic E-state index is 3.33. The molecule has 1 N–H and O–H groups in total. The Kier molecular flexibility index (Phi) is 3.99. The second-order valence-corrected chi connectivity index (χ2v) is 4.04. The molecule has 2 heteroatoms. The lowest BCUT2D eigenvalue weighted by Gasteiger charge is -2.10. The van der Waals surface area contributed by atoms with Crippen LogP contribution in [-0.2, 0) is 0 Å². The van der Waals surface area contributed by atoms with E-state index in [2.05, 4.69) is 33.3 Å². The molecule has 0 aliphatic heterocycles. The van der Waals surface area contributed by atoms with Crippen molar-refractivity contribution in [3.8, 4) is 0 Å². The zero-order chi connectivity index (χ0) is 7.40. The fourth-order valence-corrected chi connectivity index (χ4v) is 2.22. The fraction of sp³-hybridized carbons (Fsp3) is 1.00. The Bertz CT molecular complexity index is 95.3. The Labute approximate surface area is 77.5 Å². The molecule has 1 rings (SSSR count). The van der Waals surface area contributed by atoms with Crippen LogP contribution in [0.5, 0.6) is 0 Å². The summed E-state index contributed by atoms with van der Waals surface area (Å²) in [4.78, 5) is 0. The van der Waals surface area contributed by atoms with Gasteiger partial charge in [-0.1, -0.05) is 19.8 Å². The van der Waals surface area contributed by atoms with Crippen molar-refractivity contribution in [3.05, 3.63) is 0 Å². The molecule has 0 bridgehead atoms. The number of halogens is 1. The topological polar surface area (TPSA) is 12.0 Å². The summed E-state index contributed by atoms with van der Waals surface area (Å²) < 4.78 is 3.33. The molecule has 2 atom stereocenters. The van der Waals surface area contributed by atoms with Gasteiger partial charge in [-0.3, -0.25) is 3.53 Å². The van der Waals surface area contributed by atoms with E-state index < -0.39 is 0 Å². The van der Waals surface area contributed by atoms with Gasteiger partial charge in [-0.05, 0) is 25.2 Å². The smallest absolute Gasteiger partial charge is 0.0172 e. The van der Waals surface area contributed by atoms with Gasteiger partial charge in [0.05, 0.1) is 0 Å². The number of nitrogens with one attached hydrogen (secondary N) is 1. The molecule has 1 nitrogen and oxygen atoms in total. The first-order valence-corrected chi connectivity index (χ1v) is 5.27. The molecule has 0 radical (unpaired) electrons. The van der Waals surface area contributed by atoms with Gasteiger partial charge in [0.25, 0.3) is 0 Å². The van der Waals surface area contributed by atoms with Crippen LogP contribution < -0.4 is 3.53 Å². The minimum Gasteiger partial charge on any atom is -0.258 e. The molecule has 0 aromatic rings. The van der Waals surface area contributed by atoms with E-state index in [0.717, 1.165) is 12.0 Å². The predicted octanol–water partition coefficient (Wildman–Crippen LogP) is 2.89. The quantitative estimate of drug-likeness (QED) is 0.430. The molecule has 1 saturated carbocycles. The maximum absolute atomic E-state index is 3.33. The van der Waals surface area contributed by atoms with Gasteiger partial charge >= 0.3 is 0 Å². The Morgan fingerprint density at radius 2 is 2.00 bits per heavy atom. The van der Waals surface area contributed by atoms with Gasteiger partial charge in [-0.25, -0.2) is 0 Å². The van der Waals surface area contributed by atoms with E-state index in [4.69, 9.17) is 0 Å². The van der Waals surface area contributed by atoms with Gasteiger partial charge in [0, 0.05) is 28.9 Å². The van der Waals surface area contributed by atoms with E-state index in [0.29, 0.717) is 0 Å². The Morgan fingerprint density at radius 1 is 1.20 bits per heavy atom. The lowest BCUT2D eigenvalue weighted by atomic mass is 10.0. The van der Waals surface area contributed by atoms with Crippen molar-refractivity contribution in [3.63, 3.8) is 0 Å². The highest BCUT2D eigenvalue weighted by Gasteiger charge is 2.14. The van der Waals surface area contributed by atoms with Crippen LogP contribution in [0.1, 0.15) is 39.0 Å².